The molecule has 13 heavy (non-hydrogen) atoms. The smallest absolute Gasteiger partial charge is 0.303 e. The molecule has 1 aromatic rings. The van der Waals surface area contributed by atoms with Gasteiger partial charge >= 0.3 is 10.0 Å². The SMILES string of the molecule is CO[SiH2]OC.Cc1ccccc1O. The first-order chi connectivity index (χ1) is 6.22. The molecule has 0 fully saturated rings. The Kier molecular flexibility index (Phi) is 7.28. The Bertz CT molecular complexity index is 205. The number of hydrogen-bond acceptors (Lipinski definition) is 3. The maximum absolute atomic E-state index is 8.92. The van der Waals surface area contributed by atoms with Crippen molar-refractivity contribution in [3.8, 4) is 5.75 Å². The number of hydrogen-bond donors (Lipinski definition) is 1. The van der Waals surface area contributed by atoms with Gasteiger partial charge in [-0.15, -0.1) is 0 Å². The third-order valence-corrected chi connectivity index (χ3v) is 1.82. The van der Waals surface area contributed by atoms with Gasteiger partial charge in [0.2, 0.25) is 0 Å². The van der Waals surface area contributed by atoms with Crippen molar-refractivity contribution in [2.24, 2.45) is 0 Å². The van der Waals surface area contributed by atoms with Gasteiger partial charge in [0.15, 0.2) is 0 Å². The molecule has 0 aliphatic heterocycles. The Morgan fingerprint density at radius 1 is 1.15 bits per heavy atom. The van der Waals surface area contributed by atoms with Crippen LogP contribution in [0.25, 0.3) is 0 Å². The minimum absolute atomic E-state index is 0.368. The van der Waals surface area contributed by atoms with Crippen LogP contribution in [-0.2, 0) is 8.85 Å². The highest BCUT2D eigenvalue weighted by molar-refractivity contribution is 6.17. The molecule has 0 spiro atoms. The second kappa shape index (κ2) is 7.79. The van der Waals surface area contributed by atoms with Gasteiger partial charge in [-0.3, -0.25) is 0 Å². The molecule has 0 unspecified atom stereocenters. The van der Waals surface area contributed by atoms with E-state index in [1.807, 2.05) is 25.1 Å². The Labute approximate surface area is 81.4 Å². The molecule has 0 bridgehead atoms. The number of aryl methyl sites for hydroxylation is 1. The molecule has 3 nitrogen and oxygen atoms in total. The number of para-hydroxylation sites is 1. The minimum Gasteiger partial charge on any atom is -0.508 e. The van der Waals surface area contributed by atoms with Gasteiger partial charge in [-0.1, -0.05) is 18.2 Å². The summed E-state index contributed by atoms with van der Waals surface area (Å²) >= 11 is 0. The molecule has 0 saturated carbocycles. The van der Waals surface area contributed by atoms with Crippen molar-refractivity contribution < 1.29 is 14.0 Å². The quantitative estimate of drug-likeness (QED) is 0.723. The third-order valence-electron chi connectivity index (χ3n) is 1.35. The maximum atomic E-state index is 8.92. The van der Waals surface area contributed by atoms with Crippen LogP contribution in [0.5, 0.6) is 5.75 Å². The van der Waals surface area contributed by atoms with Crippen molar-refractivity contribution in [3.63, 3.8) is 0 Å². The fourth-order valence-corrected chi connectivity index (χ4v) is 0.917. The molecule has 0 atom stereocenters. The lowest BCUT2D eigenvalue weighted by atomic mass is 10.2. The predicted octanol–water partition coefficient (Wildman–Crippen LogP) is 0.979. The summed E-state index contributed by atoms with van der Waals surface area (Å²) in [5, 5.41) is 8.92. The van der Waals surface area contributed by atoms with E-state index in [4.69, 9.17) is 5.11 Å². The molecule has 1 N–H and O–H groups in total. The van der Waals surface area contributed by atoms with Crippen LogP contribution in [0.3, 0.4) is 0 Å². The molecular weight excluding hydrogens is 184 g/mol. The van der Waals surface area contributed by atoms with E-state index < -0.39 is 10.0 Å². The second-order valence-corrected chi connectivity index (χ2v) is 3.87. The van der Waals surface area contributed by atoms with Crippen molar-refractivity contribution >= 4 is 10.0 Å². The molecule has 1 aromatic carbocycles. The summed E-state index contributed by atoms with van der Waals surface area (Å²) in [5.41, 5.74) is 0.924. The van der Waals surface area contributed by atoms with E-state index in [0.717, 1.165) is 5.56 Å². The Morgan fingerprint density at radius 3 is 1.92 bits per heavy atom. The lowest BCUT2D eigenvalue weighted by molar-refractivity contribution is 0.309. The van der Waals surface area contributed by atoms with Crippen LogP contribution in [0.4, 0.5) is 0 Å². The van der Waals surface area contributed by atoms with Crippen LogP contribution >= 0.6 is 0 Å². The third kappa shape index (κ3) is 6.33. The average molecular weight is 200 g/mol. The molecular formula is C9H16O3Si. The average Bonchev–Trinajstić information content (AvgIpc) is 2.13. The van der Waals surface area contributed by atoms with E-state index in [2.05, 4.69) is 8.85 Å². The van der Waals surface area contributed by atoms with Gasteiger partial charge in [-0.05, 0) is 18.6 Å². The maximum Gasteiger partial charge on any atom is 0.303 e. The molecule has 0 radical (unpaired) electrons. The van der Waals surface area contributed by atoms with E-state index in [1.165, 1.54) is 0 Å². The van der Waals surface area contributed by atoms with Gasteiger partial charge in [-0.25, -0.2) is 0 Å². The van der Waals surface area contributed by atoms with Gasteiger partial charge < -0.3 is 14.0 Å². The van der Waals surface area contributed by atoms with Gasteiger partial charge in [0, 0.05) is 14.2 Å². The van der Waals surface area contributed by atoms with Crippen LogP contribution in [0.1, 0.15) is 5.56 Å². The fraction of sp³-hybridized carbons (Fsp3) is 0.333. The lowest BCUT2D eigenvalue weighted by Gasteiger charge is -1.92. The predicted molar refractivity (Wildman–Crippen MR) is 55.4 cm³/mol. The Hall–Kier alpha value is -0.843. The van der Waals surface area contributed by atoms with Crippen LogP contribution < -0.4 is 0 Å². The van der Waals surface area contributed by atoms with Crippen molar-refractivity contribution in [1.82, 2.24) is 0 Å². The molecule has 0 aliphatic carbocycles. The number of aromatic hydroxyl groups is 1. The van der Waals surface area contributed by atoms with Crippen LogP contribution in [-0.4, -0.2) is 29.3 Å². The monoisotopic (exact) mass is 200 g/mol. The first kappa shape index (κ1) is 12.2. The van der Waals surface area contributed by atoms with Gasteiger partial charge in [0.25, 0.3) is 0 Å². The standard InChI is InChI=1S/C7H8O.C2H8O2Si/c1-6-4-2-3-5-7(6)8;1-3-5-4-2/h2-5,8H,1H3;5H2,1-2H3. The fourth-order valence-electron chi connectivity index (χ4n) is 0.681. The highest BCUT2D eigenvalue weighted by Gasteiger charge is 1.86. The molecule has 0 amide bonds. The summed E-state index contributed by atoms with van der Waals surface area (Å²) in [6, 6.07) is 7.25. The molecule has 0 saturated heterocycles. The second-order valence-electron chi connectivity index (χ2n) is 2.48. The van der Waals surface area contributed by atoms with Crippen molar-refractivity contribution in [3.05, 3.63) is 29.8 Å². The van der Waals surface area contributed by atoms with Gasteiger partial charge in [0.1, 0.15) is 5.75 Å². The van der Waals surface area contributed by atoms with Crippen molar-refractivity contribution in [2.45, 2.75) is 6.92 Å². The Morgan fingerprint density at radius 2 is 1.69 bits per heavy atom. The van der Waals surface area contributed by atoms with E-state index in [9.17, 15) is 0 Å². The number of benzene rings is 1. The zero-order valence-corrected chi connectivity index (χ0v) is 9.69. The highest BCUT2D eigenvalue weighted by Crippen LogP contribution is 2.12. The summed E-state index contributed by atoms with van der Waals surface area (Å²) in [5.74, 6) is 0.368. The molecule has 0 heterocycles. The molecule has 74 valence electrons. The molecule has 0 aromatic heterocycles. The Balaban J connectivity index is 0.000000252. The molecule has 1 rings (SSSR count). The molecule has 0 aliphatic rings. The first-order valence-corrected chi connectivity index (χ1v) is 5.10. The van der Waals surface area contributed by atoms with Crippen molar-refractivity contribution in [2.75, 3.05) is 14.2 Å². The van der Waals surface area contributed by atoms with E-state index in [1.54, 1.807) is 20.3 Å². The number of phenols is 1. The topological polar surface area (TPSA) is 38.7 Å². The summed E-state index contributed by atoms with van der Waals surface area (Å²) in [6.45, 7) is 1.87. The molecule has 4 heteroatoms. The summed E-state index contributed by atoms with van der Waals surface area (Å²) in [7, 11) is 2.73. The minimum atomic E-state index is -0.568. The highest BCUT2D eigenvalue weighted by atomic mass is 28.3. The number of phenolic OH excluding ortho intramolecular Hbond substituents is 1. The zero-order valence-electron chi connectivity index (χ0n) is 8.28. The summed E-state index contributed by atoms with van der Waals surface area (Å²) in [6.07, 6.45) is 0. The summed E-state index contributed by atoms with van der Waals surface area (Å²) in [4.78, 5) is 0. The zero-order chi connectivity index (χ0) is 10.1. The summed E-state index contributed by atoms with van der Waals surface area (Å²) < 4.78 is 9.22. The van der Waals surface area contributed by atoms with Crippen LogP contribution in [0, 0.1) is 6.92 Å². The van der Waals surface area contributed by atoms with Gasteiger partial charge in [0.05, 0.1) is 0 Å². The van der Waals surface area contributed by atoms with E-state index in [0.29, 0.717) is 5.75 Å². The van der Waals surface area contributed by atoms with E-state index in [-0.39, 0.29) is 0 Å². The lowest BCUT2D eigenvalue weighted by Crippen LogP contribution is -1.93. The van der Waals surface area contributed by atoms with Crippen LogP contribution in [0.2, 0.25) is 0 Å². The normalized spacial score (nSPS) is 8.85. The van der Waals surface area contributed by atoms with Crippen LogP contribution in [0.15, 0.2) is 24.3 Å². The largest absolute Gasteiger partial charge is 0.508 e. The van der Waals surface area contributed by atoms with E-state index >= 15 is 0 Å². The number of rotatable bonds is 2. The first-order valence-electron chi connectivity index (χ1n) is 3.94. The van der Waals surface area contributed by atoms with Crippen molar-refractivity contribution in [1.29, 1.82) is 0 Å². The van der Waals surface area contributed by atoms with Gasteiger partial charge in [-0.2, -0.15) is 0 Å².